The van der Waals surface area contributed by atoms with Crippen LogP contribution in [0.15, 0.2) is 30.3 Å². The van der Waals surface area contributed by atoms with E-state index in [1.807, 2.05) is 0 Å². The molecule has 5 aliphatic rings. The molecule has 1 spiro atoms. The van der Waals surface area contributed by atoms with Crippen LogP contribution in [0.25, 0.3) is 10.9 Å². The summed E-state index contributed by atoms with van der Waals surface area (Å²) in [4.78, 5) is 7.66. The Morgan fingerprint density at radius 3 is 2.94 bits per heavy atom. The number of pyridine rings is 1. The molecule has 3 heterocycles. The molecule has 1 N–H and O–H groups in total. The molecular formula is C27H26N2O2. The van der Waals surface area contributed by atoms with Gasteiger partial charge in [0.1, 0.15) is 5.75 Å². The van der Waals surface area contributed by atoms with Gasteiger partial charge in [-0.25, -0.2) is 4.98 Å². The number of benzene rings is 2. The molecule has 0 radical (unpaired) electrons. The van der Waals surface area contributed by atoms with Crippen molar-refractivity contribution in [1.82, 2.24) is 9.88 Å². The first kappa shape index (κ1) is 17.2. The predicted octanol–water partition coefficient (Wildman–Crippen LogP) is 3.56. The zero-order valence-electron chi connectivity index (χ0n) is 18.0. The van der Waals surface area contributed by atoms with Crippen molar-refractivity contribution in [3.8, 4) is 5.75 Å². The first-order chi connectivity index (χ1) is 15.0. The topological polar surface area (TPSA) is 45.6 Å². The monoisotopic (exact) mass is 410 g/mol. The van der Waals surface area contributed by atoms with Crippen molar-refractivity contribution >= 4 is 10.9 Å². The van der Waals surface area contributed by atoms with Gasteiger partial charge < -0.3 is 14.7 Å². The second-order valence-electron chi connectivity index (χ2n) is 10.5. The van der Waals surface area contributed by atoms with Crippen LogP contribution in [0.5, 0.6) is 5.75 Å². The highest BCUT2D eigenvalue weighted by Gasteiger charge is 2.72. The first-order valence-electron chi connectivity index (χ1n) is 11.7. The summed E-state index contributed by atoms with van der Waals surface area (Å²) >= 11 is 0. The maximum absolute atomic E-state index is 12.7. The van der Waals surface area contributed by atoms with Gasteiger partial charge in [0, 0.05) is 23.4 Å². The van der Waals surface area contributed by atoms with E-state index in [-0.39, 0.29) is 12.1 Å². The third kappa shape index (κ3) is 1.68. The fourth-order valence-corrected chi connectivity index (χ4v) is 8.03. The number of hydrogen-bond acceptors (Lipinski definition) is 4. The Kier molecular flexibility index (Phi) is 2.84. The summed E-state index contributed by atoms with van der Waals surface area (Å²) in [5.41, 5.74) is 8.91. The minimum Gasteiger partial charge on any atom is -0.482 e. The molecule has 4 heteroatoms. The van der Waals surface area contributed by atoms with Gasteiger partial charge in [-0.05, 0) is 80.1 Å². The van der Waals surface area contributed by atoms with Gasteiger partial charge in [-0.2, -0.15) is 0 Å². The van der Waals surface area contributed by atoms with Crippen molar-refractivity contribution in [2.24, 2.45) is 0 Å². The average Bonchev–Trinajstić information content (AvgIpc) is 3.34. The molecule has 4 atom stereocenters. The van der Waals surface area contributed by atoms with Gasteiger partial charge in [0.2, 0.25) is 0 Å². The van der Waals surface area contributed by atoms with E-state index >= 15 is 0 Å². The van der Waals surface area contributed by atoms with E-state index in [9.17, 15) is 5.11 Å². The van der Waals surface area contributed by atoms with Crippen LogP contribution in [0, 0.1) is 6.92 Å². The molecule has 3 aliphatic carbocycles. The van der Waals surface area contributed by atoms with Crippen molar-refractivity contribution < 1.29 is 9.84 Å². The van der Waals surface area contributed by atoms with Gasteiger partial charge in [-0.3, -0.25) is 0 Å². The number of aryl methyl sites for hydroxylation is 3. The summed E-state index contributed by atoms with van der Waals surface area (Å²) in [5, 5.41) is 14.0. The summed E-state index contributed by atoms with van der Waals surface area (Å²) in [6.07, 6.45) is 4.43. The molecule has 2 bridgehead atoms. The number of likely N-dealkylation sites (tertiary alicyclic amines) is 1. The molecule has 2 aliphatic heterocycles. The average molecular weight is 411 g/mol. The number of nitrogens with zero attached hydrogens (tertiary/aromatic N) is 2. The van der Waals surface area contributed by atoms with Gasteiger partial charge in [0.15, 0.2) is 6.10 Å². The molecule has 0 unspecified atom stereocenters. The van der Waals surface area contributed by atoms with Crippen LogP contribution < -0.4 is 4.74 Å². The molecule has 3 aromatic rings. The maximum atomic E-state index is 12.7. The fourth-order valence-electron chi connectivity index (χ4n) is 8.03. The maximum Gasteiger partial charge on any atom is 0.153 e. The number of ether oxygens (including phenoxy) is 1. The number of aromatic nitrogens is 1. The van der Waals surface area contributed by atoms with Crippen molar-refractivity contribution in [2.75, 3.05) is 13.6 Å². The van der Waals surface area contributed by atoms with E-state index in [0.29, 0.717) is 6.42 Å². The number of aliphatic hydroxyl groups is 1. The molecule has 4 nitrogen and oxygen atoms in total. The van der Waals surface area contributed by atoms with E-state index in [2.05, 4.69) is 49.2 Å². The molecule has 1 fully saturated rings. The predicted molar refractivity (Wildman–Crippen MR) is 119 cm³/mol. The molecule has 156 valence electrons. The number of rotatable bonds is 0. The Balaban J connectivity index is 1.51. The molecule has 0 saturated carbocycles. The van der Waals surface area contributed by atoms with E-state index in [1.54, 1.807) is 0 Å². The first-order valence-corrected chi connectivity index (χ1v) is 11.7. The molecule has 0 amide bonds. The summed E-state index contributed by atoms with van der Waals surface area (Å²) in [6, 6.07) is 11.1. The number of hydrogen-bond donors (Lipinski definition) is 1. The van der Waals surface area contributed by atoms with Gasteiger partial charge >= 0.3 is 0 Å². The van der Waals surface area contributed by atoms with Crippen LogP contribution in [-0.4, -0.2) is 40.2 Å². The normalized spacial score (nSPS) is 33.9. The zero-order chi connectivity index (χ0) is 20.7. The van der Waals surface area contributed by atoms with Gasteiger partial charge in [0.25, 0.3) is 0 Å². The molecule has 8 rings (SSSR count). The van der Waals surface area contributed by atoms with Crippen molar-refractivity contribution in [1.29, 1.82) is 0 Å². The van der Waals surface area contributed by atoms with Crippen molar-refractivity contribution in [3.05, 3.63) is 69.4 Å². The van der Waals surface area contributed by atoms with Gasteiger partial charge in [-0.1, -0.05) is 24.3 Å². The highest BCUT2D eigenvalue weighted by Crippen LogP contribution is 2.68. The van der Waals surface area contributed by atoms with Crippen LogP contribution in [0.4, 0.5) is 0 Å². The lowest BCUT2D eigenvalue weighted by atomic mass is 9.48. The highest BCUT2D eigenvalue weighted by atomic mass is 16.5. The third-order valence-electron chi connectivity index (χ3n) is 9.38. The molecule has 1 aromatic heterocycles. The van der Waals surface area contributed by atoms with E-state index in [1.165, 1.54) is 38.8 Å². The Morgan fingerprint density at radius 2 is 2.03 bits per heavy atom. The van der Waals surface area contributed by atoms with Crippen LogP contribution >= 0.6 is 0 Å². The fraction of sp³-hybridized carbons (Fsp3) is 0.444. The van der Waals surface area contributed by atoms with E-state index < -0.39 is 11.0 Å². The van der Waals surface area contributed by atoms with Crippen molar-refractivity contribution in [2.45, 2.75) is 62.2 Å². The summed E-state index contributed by atoms with van der Waals surface area (Å²) in [6.45, 7) is 3.13. The molecular weight excluding hydrogens is 384 g/mol. The summed E-state index contributed by atoms with van der Waals surface area (Å²) < 4.78 is 6.86. The largest absolute Gasteiger partial charge is 0.482 e. The minimum atomic E-state index is -0.826. The number of likely N-dealkylation sites (N-methyl/N-ethyl adjacent to an activating group) is 1. The Morgan fingerprint density at radius 1 is 1.13 bits per heavy atom. The van der Waals surface area contributed by atoms with E-state index in [4.69, 9.17) is 9.72 Å². The smallest absolute Gasteiger partial charge is 0.153 e. The minimum absolute atomic E-state index is 0.112. The molecule has 2 aromatic carbocycles. The van der Waals surface area contributed by atoms with Gasteiger partial charge in [-0.15, -0.1) is 0 Å². The Bertz CT molecular complexity index is 1350. The summed E-state index contributed by atoms with van der Waals surface area (Å²) in [7, 11) is 2.19. The van der Waals surface area contributed by atoms with Crippen LogP contribution in [0.1, 0.15) is 51.6 Å². The SMILES string of the molecule is Cc1ccc2c3c1O[C@H]1c4nc5cccc6c5c(c4C[C@@]4(O)[C@@H](C2)N(C)CC[C@]314)CC6. The standard InChI is InChI=1S/C27H26N2O2/c1-14-6-7-16-12-20-27(30)13-18-17-9-8-15-4-3-5-19(21(15)17)28-23(18)25-26(27,10-11-29(20)2)22(16)24(14)31-25/h3-7,20,25,30H,8-13H2,1-2H3/t20-,25+,26+,27-/m1/s1. The van der Waals surface area contributed by atoms with Crippen LogP contribution in [0.3, 0.4) is 0 Å². The van der Waals surface area contributed by atoms with Gasteiger partial charge in [0.05, 0.1) is 22.2 Å². The third-order valence-corrected chi connectivity index (χ3v) is 9.38. The lowest BCUT2D eigenvalue weighted by Crippen LogP contribution is -2.74. The molecule has 31 heavy (non-hydrogen) atoms. The lowest BCUT2D eigenvalue weighted by molar-refractivity contribution is -0.168. The number of piperidine rings is 1. The Hall–Kier alpha value is -2.43. The number of fused-ring (bicyclic) bond motifs is 3. The highest BCUT2D eigenvalue weighted by molar-refractivity contribution is 5.89. The quantitative estimate of drug-likeness (QED) is 0.616. The zero-order valence-corrected chi connectivity index (χ0v) is 18.0. The van der Waals surface area contributed by atoms with Crippen LogP contribution in [-0.2, 0) is 31.1 Å². The van der Waals surface area contributed by atoms with E-state index in [0.717, 1.165) is 49.2 Å². The second-order valence-corrected chi connectivity index (χ2v) is 10.5. The van der Waals surface area contributed by atoms with Crippen LogP contribution in [0.2, 0.25) is 0 Å². The lowest BCUT2D eigenvalue weighted by Gasteiger charge is -2.62. The van der Waals surface area contributed by atoms with Crippen molar-refractivity contribution in [3.63, 3.8) is 0 Å². The second kappa shape index (κ2) is 5.13. The molecule has 1 saturated heterocycles. The Labute approximate surface area is 181 Å². The summed E-state index contributed by atoms with van der Waals surface area (Å²) in [5.74, 6) is 1.02.